The standard InChI is InChI=1S/C6H8O7/c1-3(7)12-13-5(9)2-4(8)6(10)11/h4,8H,2H2,1H3,(H,10,11). The summed E-state index contributed by atoms with van der Waals surface area (Å²) in [6, 6.07) is 0. The minimum atomic E-state index is -1.86. The van der Waals surface area contributed by atoms with Gasteiger partial charge in [-0.25, -0.2) is 24.2 Å². The second kappa shape index (κ2) is 5.09. The summed E-state index contributed by atoms with van der Waals surface area (Å²) in [5.74, 6) is -3.54. The minimum Gasteiger partial charge on any atom is -0.479 e. The molecule has 0 aromatic rings. The van der Waals surface area contributed by atoms with E-state index in [2.05, 4.69) is 9.78 Å². The third-order valence-electron chi connectivity index (χ3n) is 0.897. The van der Waals surface area contributed by atoms with Gasteiger partial charge in [-0.15, -0.1) is 0 Å². The fraction of sp³-hybridized carbons (Fsp3) is 0.500. The Balaban J connectivity index is 3.74. The Labute approximate surface area is 72.8 Å². The number of carboxylic acid groups (broad SMARTS) is 1. The molecular weight excluding hydrogens is 184 g/mol. The molecule has 0 bridgehead atoms. The third kappa shape index (κ3) is 5.62. The van der Waals surface area contributed by atoms with Crippen LogP contribution in [0.25, 0.3) is 0 Å². The Morgan fingerprint density at radius 2 is 1.85 bits per heavy atom. The van der Waals surface area contributed by atoms with Gasteiger partial charge in [0.05, 0.1) is 6.42 Å². The number of hydrogen-bond donors (Lipinski definition) is 2. The molecule has 0 aliphatic heterocycles. The summed E-state index contributed by atoms with van der Waals surface area (Å²) in [6.07, 6.45) is -2.63. The van der Waals surface area contributed by atoms with Crippen LogP contribution in [0, 0.1) is 0 Å². The molecule has 0 radical (unpaired) electrons. The van der Waals surface area contributed by atoms with Gasteiger partial charge in [-0.1, -0.05) is 0 Å². The summed E-state index contributed by atoms with van der Waals surface area (Å²) in [4.78, 5) is 38.2. The van der Waals surface area contributed by atoms with Gasteiger partial charge in [0.15, 0.2) is 6.10 Å². The van der Waals surface area contributed by atoms with Crippen molar-refractivity contribution in [3.63, 3.8) is 0 Å². The van der Waals surface area contributed by atoms with Gasteiger partial charge in [0.2, 0.25) is 0 Å². The van der Waals surface area contributed by atoms with Gasteiger partial charge >= 0.3 is 17.9 Å². The molecule has 74 valence electrons. The zero-order valence-corrected chi connectivity index (χ0v) is 6.72. The molecule has 0 saturated heterocycles. The average Bonchev–Trinajstić information content (AvgIpc) is 2.00. The van der Waals surface area contributed by atoms with Crippen molar-refractivity contribution < 1.29 is 34.4 Å². The molecule has 2 N–H and O–H groups in total. The molecule has 0 rings (SSSR count). The minimum absolute atomic E-state index is 0.775. The molecule has 1 atom stereocenters. The summed E-state index contributed by atoms with van der Waals surface area (Å²) >= 11 is 0. The lowest BCUT2D eigenvalue weighted by atomic mass is 10.3. The van der Waals surface area contributed by atoms with Gasteiger partial charge in [-0.2, -0.15) is 0 Å². The van der Waals surface area contributed by atoms with E-state index in [9.17, 15) is 14.4 Å². The molecule has 0 fully saturated rings. The Morgan fingerprint density at radius 3 is 2.23 bits per heavy atom. The lowest BCUT2D eigenvalue weighted by Crippen LogP contribution is -2.24. The molecule has 1 unspecified atom stereocenters. The molecule has 0 amide bonds. The normalized spacial score (nSPS) is 11.5. The van der Waals surface area contributed by atoms with Crippen LogP contribution >= 0.6 is 0 Å². The maximum absolute atomic E-state index is 10.5. The first-order chi connectivity index (χ1) is 5.93. The van der Waals surface area contributed by atoms with Gasteiger partial charge in [0, 0.05) is 6.92 Å². The molecule has 0 aliphatic rings. The maximum atomic E-state index is 10.5. The lowest BCUT2D eigenvalue weighted by molar-refractivity contribution is -0.258. The van der Waals surface area contributed by atoms with Crippen LogP contribution in [0.15, 0.2) is 0 Å². The van der Waals surface area contributed by atoms with Crippen LogP contribution < -0.4 is 0 Å². The van der Waals surface area contributed by atoms with Crippen LogP contribution in [0.5, 0.6) is 0 Å². The fourth-order valence-electron chi connectivity index (χ4n) is 0.384. The third-order valence-corrected chi connectivity index (χ3v) is 0.897. The van der Waals surface area contributed by atoms with Crippen molar-refractivity contribution >= 4 is 17.9 Å². The van der Waals surface area contributed by atoms with Gasteiger partial charge in [0.1, 0.15) is 0 Å². The quantitative estimate of drug-likeness (QED) is 0.428. The number of aliphatic carboxylic acids is 1. The molecular formula is C6H8O7. The van der Waals surface area contributed by atoms with E-state index in [-0.39, 0.29) is 0 Å². The van der Waals surface area contributed by atoms with Crippen LogP contribution in [0.4, 0.5) is 0 Å². The zero-order valence-electron chi connectivity index (χ0n) is 6.72. The van der Waals surface area contributed by atoms with Crippen molar-refractivity contribution in [1.29, 1.82) is 0 Å². The van der Waals surface area contributed by atoms with E-state index in [1.165, 1.54) is 0 Å². The largest absolute Gasteiger partial charge is 0.479 e. The topological polar surface area (TPSA) is 110 Å². The number of hydrogen-bond acceptors (Lipinski definition) is 6. The Kier molecular flexibility index (Phi) is 4.45. The van der Waals surface area contributed by atoms with Crippen molar-refractivity contribution in [3.05, 3.63) is 0 Å². The smallest absolute Gasteiger partial charge is 0.358 e. The molecule has 0 aromatic carbocycles. The van der Waals surface area contributed by atoms with E-state index < -0.39 is 30.4 Å². The number of carbonyl (C=O) groups is 3. The fourth-order valence-corrected chi connectivity index (χ4v) is 0.384. The van der Waals surface area contributed by atoms with E-state index >= 15 is 0 Å². The highest BCUT2D eigenvalue weighted by Crippen LogP contribution is 1.95. The number of aliphatic hydroxyl groups is 1. The van der Waals surface area contributed by atoms with Gasteiger partial charge < -0.3 is 10.2 Å². The molecule has 7 nitrogen and oxygen atoms in total. The van der Waals surface area contributed by atoms with E-state index in [1.54, 1.807) is 0 Å². The first-order valence-electron chi connectivity index (χ1n) is 3.22. The summed E-state index contributed by atoms with van der Waals surface area (Å²) in [5.41, 5.74) is 0. The second-order valence-corrected chi connectivity index (χ2v) is 2.09. The summed E-state index contributed by atoms with van der Waals surface area (Å²) in [5, 5.41) is 16.8. The van der Waals surface area contributed by atoms with Crippen LogP contribution in [0.1, 0.15) is 13.3 Å². The number of carboxylic acids is 1. The van der Waals surface area contributed by atoms with Crippen LogP contribution in [0.2, 0.25) is 0 Å². The van der Waals surface area contributed by atoms with Gasteiger partial charge in [-0.3, -0.25) is 0 Å². The first-order valence-corrected chi connectivity index (χ1v) is 3.22. The molecule has 0 spiro atoms. The van der Waals surface area contributed by atoms with Crippen molar-refractivity contribution in [2.24, 2.45) is 0 Å². The zero-order chi connectivity index (χ0) is 10.4. The van der Waals surface area contributed by atoms with Crippen molar-refractivity contribution in [2.75, 3.05) is 0 Å². The predicted octanol–water partition coefficient (Wildman–Crippen LogP) is -1.16. The molecule has 0 heterocycles. The SMILES string of the molecule is CC(=O)OOC(=O)CC(O)C(=O)O. The van der Waals surface area contributed by atoms with E-state index in [0.717, 1.165) is 6.92 Å². The summed E-state index contributed by atoms with van der Waals surface area (Å²) < 4.78 is 0. The van der Waals surface area contributed by atoms with Crippen LogP contribution in [-0.4, -0.2) is 34.2 Å². The summed E-state index contributed by atoms with van der Waals surface area (Å²) in [7, 11) is 0. The highest BCUT2D eigenvalue weighted by molar-refractivity contribution is 5.80. The number of aliphatic hydroxyl groups excluding tert-OH is 1. The number of rotatable bonds is 3. The molecule has 13 heavy (non-hydrogen) atoms. The Morgan fingerprint density at radius 1 is 1.31 bits per heavy atom. The lowest BCUT2D eigenvalue weighted by Gasteiger charge is -2.03. The average molecular weight is 192 g/mol. The highest BCUT2D eigenvalue weighted by atomic mass is 17.2. The van der Waals surface area contributed by atoms with Crippen molar-refractivity contribution in [3.8, 4) is 0 Å². The van der Waals surface area contributed by atoms with Crippen LogP contribution in [0.3, 0.4) is 0 Å². The maximum Gasteiger partial charge on any atom is 0.358 e. The predicted molar refractivity (Wildman–Crippen MR) is 36.1 cm³/mol. The molecule has 0 saturated carbocycles. The van der Waals surface area contributed by atoms with E-state index in [1.807, 2.05) is 0 Å². The number of carbonyl (C=O) groups excluding carboxylic acids is 2. The Hall–Kier alpha value is -1.63. The monoisotopic (exact) mass is 192 g/mol. The van der Waals surface area contributed by atoms with Crippen molar-refractivity contribution in [2.45, 2.75) is 19.4 Å². The van der Waals surface area contributed by atoms with Gasteiger partial charge in [0.25, 0.3) is 0 Å². The molecule has 7 heteroatoms. The van der Waals surface area contributed by atoms with Gasteiger partial charge in [-0.05, 0) is 0 Å². The molecule has 0 aromatic heterocycles. The highest BCUT2D eigenvalue weighted by Gasteiger charge is 2.20. The summed E-state index contributed by atoms with van der Waals surface area (Å²) in [6.45, 7) is 1.00. The second-order valence-electron chi connectivity index (χ2n) is 2.09. The molecule has 0 aliphatic carbocycles. The first kappa shape index (κ1) is 11.4. The van der Waals surface area contributed by atoms with E-state index in [4.69, 9.17) is 10.2 Å². The van der Waals surface area contributed by atoms with Crippen molar-refractivity contribution in [1.82, 2.24) is 0 Å². The van der Waals surface area contributed by atoms with E-state index in [0.29, 0.717) is 0 Å². The Bertz CT molecular complexity index is 221. The van der Waals surface area contributed by atoms with Crippen LogP contribution in [-0.2, 0) is 24.2 Å².